The summed E-state index contributed by atoms with van der Waals surface area (Å²) in [5, 5.41) is 0. The first-order valence-corrected chi connectivity index (χ1v) is 12.6. The van der Waals surface area contributed by atoms with Crippen LogP contribution in [0.4, 0.5) is 5.69 Å². The number of carbonyl (C=O) groups is 5. The SMILES string of the molecule is Cc1ccc(C(=O)COC(=O)c2ccc(N3C(=O)CC(N4CCN(C(=O)c5ccco5)CC4)C3=O)cc2)cc1. The minimum atomic E-state index is -0.680. The molecule has 0 radical (unpaired) electrons. The van der Waals surface area contributed by atoms with Crippen molar-refractivity contribution in [3.8, 4) is 0 Å². The molecule has 0 bridgehead atoms. The van der Waals surface area contributed by atoms with E-state index >= 15 is 0 Å². The Labute approximate surface area is 224 Å². The Morgan fingerprint density at radius 3 is 2.21 bits per heavy atom. The summed E-state index contributed by atoms with van der Waals surface area (Å²) in [4.78, 5) is 67.9. The van der Waals surface area contributed by atoms with Gasteiger partial charge in [0.05, 0.1) is 30.0 Å². The van der Waals surface area contributed by atoms with E-state index in [0.29, 0.717) is 37.4 Å². The zero-order valence-electron chi connectivity index (χ0n) is 21.4. The van der Waals surface area contributed by atoms with Crippen molar-refractivity contribution < 1.29 is 33.1 Å². The van der Waals surface area contributed by atoms with Crippen LogP contribution in [0.2, 0.25) is 0 Å². The largest absolute Gasteiger partial charge is 0.459 e. The molecule has 5 rings (SSSR count). The van der Waals surface area contributed by atoms with E-state index in [0.717, 1.165) is 10.5 Å². The number of amides is 3. The molecule has 2 saturated heterocycles. The molecule has 39 heavy (non-hydrogen) atoms. The first kappa shape index (κ1) is 26.1. The fraction of sp³-hybridized carbons (Fsp3) is 0.276. The highest BCUT2D eigenvalue weighted by Crippen LogP contribution is 2.27. The fourth-order valence-corrected chi connectivity index (χ4v) is 4.75. The van der Waals surface area contributed by atoms with Crippen LogP contribution >= 0.6 is 0 Å². The minimum Gasteiger partial charge on any atom is -0.459 e. The molecule has 10 heteroatoms. The van der Waals surface area contributed by atoms with Crippen molar-refractivity contribution in [2.24, 2.45) is 0 Å². The van der Waals surface area contributed by atoms with Crippen LogP contribution < -0.4 is 4.90 Å². The maximum atomic E-state index is 13.2. The van der Waals surface area contributed by atoms with E-state index in [2.05, 4.69) is 0 Å². The molecule has 3 amide bonds. The van der Waals surface area contributed by atoms with Crippen LogP contribution in [-0.2, 0) is 14.3 Å². The van der Waals surface area contributed by atoms with Gasteiger partial charge in [0, 0.05) is 31.7 Å². The average molecular weight is 530 g/mol. The quantitative estimate of drug-likeness (QED) is 0.261. The lowest BCUT2D eigenvalue weighted by Gasteiger charge is -2.36. The van der Waals surface area contributed by atoms with E-state index in [1.54, 1.807) is 29.2 Å². The van der Waals surface area contributed by atoms with E-state index < -0.39 is 18.6 Å². The molecule has 0 N–H and O–H groups in total. The zero-order chi connectivity index (χ0) is 27.5. The predicted molar refractivity (Wildman–Crippen MR) is 139 cm³/mol. The van der Waals surface area contributed by atoms with E-state index in [4.69, 9.17) is 9.15 Å². The second-order valence-electron chi connectivity index (χ2n) is 9.50. The van der Waals surface area contributed by atoms with Gasteiger partial charge in [-0.3, -0.25) is 24.1 Å². The van der Waals surface area contributed by atoms with Gasteiger partial charge in [-0.1, -0.05) is 29.8 Å². The van der Waals surface area contributed by atoms with Gasteiger partial charge in [-0.25, -0.2) is 9.69 Å². The second-order valence-corrected chi connectivity index (χ2v) is 9.50. The normalized spacial score (nSPS) is 17.9. The number of piperazine rings is 1. The molecule has 2 aromatic carbocycles. The van der Waals surface area contributed by atoms with Gasteiger partial charge < -0.3 is 14.1 Å². The standard InChI is InChI=1S/C29H27N3O7/c1-19-4-6-20(7-5-19)24(33)18-39-29(37)21-8-10-22(11-9-21)32-26(34)17-23(27(32)35)30-12-14-31(15-13-30)28(36)25-3-2-16-38-25/h2-11,16,23H,12-15,17-18H2,1H3. The van der Waals surface area contributed by atoms with Crippen LogP contribution in [0.25, 0.3) is 0 Å². The van der Waals surface area contributed by atoms with Crippen LogP contribution in [0.15, 0.2) is 71.3 Å². The van der Waals surface area contributed by atoms with Gasteiger partial charge in [0.1, 0.15) is 0 Å². The number of Topliss-reactive ketones (excluding diaryl/α,β-unsaturated/α-hetero) is 1. The molecule has 2 fully saturated rings. The smallest absolute Gasteiger partial charge is 0.338 e. The number of nitrogens with zero attached hydrogens (tertiary/aromatic N) is 3. The summed E-state index contributed by atoms with van der Waals surface area (Å²) in [5.41, 5.74) is 2.02. The number of ketones is 1. The minimum absolute atomic E-state index is 0.0376. The van der Waals surface area contributed by atoms with Gasteiger partial charge in [-0.05, 0) is 43.3 Å². The molecular formula is C29H27N3O7. The number of benzene rings is 2. The van der Waals surface area contributed by atoms with Gasteiger partial charge in [-0.15, -0.1) is 0 Å². The summed E-state index contributed by atoms with van der Waals surface area (Å²) in [6, 6.07) is 15.6. The Kier molecular flexibility index (Phi) is 7.38. The monoisotopic (exact) mass is 529 g/mol. The molecule has 1 aromatic heterocycles. The van der Waals surface area contributed by atoms with E-state index in [1.807, 2.05) is 24.0 Å². The average Bonchev–Trinajstić information content (AvgIpc) is 3.60. The Hall–Kier alpha value is -4.57. The molecule has 3 aromatic rings. The molecule has 2 aliphatic rings. The highest BCUT2D eigenvalue weighted by atomic mass is 16.5. The van der Waals surface area contributed by atoms with Crippen molar-refractivity contribution in [1.29, 1.82) is 0 Å². The highest BCUT2D eigenvalue weighted by molar-refractivity contribution is 6.22. The van der Waals surface area contributed by atoms with Crippen LogP contribution in [0.3, 0.4) is 0 Å². The number of imide groups is 1. The Morgan fingerprint density at radius 2 is 1.56 bits per heavy atom. The highest BCUT2D eigenvalue weighted by Gasteiger charge is 2.43. The maximum Gasteiger partial charge on any atom is 0.338 e. The third kappa shape index (κ3) is 5.51. The Bertz CT molecular complexity index is 1390. The molecule has 0 spiro atoms. The topological polar surface area (TPSA) is 117 Å². The van der Waals surface area contributed by atoms with Crippen molar-refractivity contribution in [1.82, 2.24) is 9.80 Å². The number of aryl methyl sites for hydroxylation is 1. The molecule has 200 valence electrons. The van der Waals surface area contributed by atoms with Gasteiger partial charge in [-0.2, -0.15) is 0 Å². The zero-order valence-corrected chi connectivity index (χ0v) is 21.4. The van der Waals surface area contributed by atoms with Crippen LogP contribution in [-0.4, -0.2) is 78.1 Å². The Morgan fingerprint density at radius 1 is 0.897 bits per heavy atom. The molecule has 0 saturated carbocycles. The number of hydrogen-bond donors (Lipinski definition) is 0. The molecule has 1 unspecified atom stereocenters. The summed E-state index contributed by atoms with van der Waals surface area (Å²) < 4.78 is 10.3. The van der Waals surface area contributed by atoms with Gasteiger partial charge in [0.15, 0.2) is 18.2 Å². The van der Waals surface area contributed by atoms with Crippen molar-refractivity contribution in [3.05, 3.63) is 89.4 Å². The van der Waals surface area contributed by atoms with Crippen LogP contribution in [0, 0.1) is 6.92 Å². The van der Waals surface area contributed by atoms with Crippen molar-refractivity contribution in [2.75, 3.05) is 37.7 Å². The Balaban J connectivity index is 1.16. The van der Waals surface area contributed by atoms with Crippen molar-refractivity contribution >= 4 is 35.2 Å². The summed E-state index contributed by atoms with van der Waals surface area (Å²) in [7, 11) is 0. The van der Waals surface area contributed by atoms with E-state index in [1.165, 1.54) is 30.5 Å². The first-order chi connectivity index (χ1) is 18.8. The summed E-state index contributed by atoms with van der Waals surface area (Å²) in [5.74, 6) is -1.60. The van der Waals surface area contributed by atoms with Crippen LogP contribution in [0.1, 0.15) is 43.3 Å². The number of ether oxygens (including phenoxy) is 1. The predicted octanol–water partition coefficient (Wildman–Crippen LogP) is 2.72. The third-order valence-electron chi connectivity index (χ3n) is 6.97. The lowest BCUT2D eigenvalue weighted by molar-refractivity contribution is -0.123. The molecular weight excluding hydrogens is 502 g/mol. The lowest BCUT2D eigenvalue weighted by Crippen LogP contribution is -2.53. The number of carbonyl (C=O) groups excluding carboxylic acids is 5. The van der Waals surface area contributed by atoms with Gasteiger partial charge in [0.25, 0.3) is 11.8 Å². The number of hydrogen-bond acceptors (Lipinski definition) is 8. The fourth-order valence-electron chi connectivity index (χ4n) is 4.75. The van der Waals surface area contributed by atoms with Gasteiger partial charge in [0.2, 0.25) is 5.91 Å². The third-order valence-corrected chi connectivity index (χ3v) is 6.97. The number of esters is 1. The maximum absolute atomic E-state index is 13.2. The number of anilines is 1. The molecule has 3 heterocycles. The van der Waals surface area contributed by atoms with E-state index in [9.17, 15) is 24.0 Å². The number of rotatable bonds is 7. The summed E-state index contributed by atoms with van der Waals surface area (Å²) in [6.07, 6.45) is 1.49. The molecule has 1 atom stereocenters. The van der Waals surface area contributed by atoms with Crippen molar-refractivity contribution in [3.63, 3.8) is 0 Å². The molecule has 10 nitrogen and oxygen atoms in total. The van der Waals surface area contributed by atoms with Crippen molar-refractivity contribution in [2.45, 2.75) is 19.4 Å². The summed E-state index contributed by atoms with van der Waals surface area (Å²) >= 11 is 0. The molecule has 2 aliphatic heterocycles. The number of furan rings is 1. The summed E-state index contributed by atoms with van der Waals surface area (Å²) in [6.45, 7) is 3.26. The van der Waals surface area contributed by atoms with Crippen LogP contribution in [0.5, 0.6) is 0 Å². The lowest BCUT2D eigenvalue weighted by atomic mass is 10.1. The second kappa shape index (κ2) is 11.0. The first-order valence-electron chi connectivity index (χ1n) is 12.6. The van der Waals surface area contributed by atoms with E-state index in [-0.39, 0.29) is 41.2 Å². The van der Waals surface area contributed by atoms with Gasteiger partial charge >= 0.3 is 5.97 Å². The molecule has 0 aliphatic carbocycles.